The fourth-order valence-electron chi connectivity index (χ4n) is 3.64. The molecular formula is C23H32N2O3S2. The third kappa shape index (κ3) is 5.93. The van der Waals surface area contributed by atoms with E-state index in [4.69, 9.17) is 9.47 Å². The maximum absolute atomic E-state index is 12.8. The van der Waals surface area contributed by atoms with Crippen LogP contribution < -0.4 is 9.47 Å². The third-order valence-corrected chi connectivity index (χ3v) is 7.70. The minimum absolute atomic E-state index is 0.209. The van der Waals surface area contributed by atoms with Crippen molar-refractivity contribution in [3.05, 3.63) is 40.3 Å². The molecule has 0 N–H and O–H groups in total. The highest BCUT2D eigenvalue weighted by molar-refractivity contribution is 8.01. The second-order valence-electron chi connectivity index (χ2n) is 7.65. The molecule has 0 unspecified atom stereocenters. The molecule has 2 aromatic rings. The average Bonchev–Trinajstić information content (AvgIpc) is 3.06. The van der Waals surface area contributed by atoms with E-state index in [0.717, 1.165) is 68.3 Å². The van der Waals surface area contributed by atoms with Crippen LogP contribution in [-0.4, -0.2) is 68.9 Å². The quantitative estimate of drug-likeness (QED) is 0.498. The number of ether oxygens (including phenoxy) is 2. The lowest BCUT2D eigenvalue weighted by Crippen LogP contribution is -2.33. The minimum atomic E-state index is 0.209. The van der Waals surface area contributed by atoms with Crippen LogP contribution in [0.2, 0.25) is 0 Å². The van der Waals surface area contributed by atoms with E-state index >= 15 is 0 Å². The van der Waals surface area contributed by atoms with Gasteiger partial charge in [-0.3, -0.25) is 4.79 Å². The van der Waals surface area contributed by atoms with Gasteiger partial charge in [-0.1, -0.05) is 6.07 Å². The van der Waals surface area contributed by atoms with Gasteiger partial charge in [0.1, 0.15) is 0 Å². The first-order valence-electron chi connectivity index (χ1n) is 10.4. The predicted molar refractivity (Wildman–Crippen MR) is 126 cm³/mol. The summed E-state index contributed by atoms with van der Waals surface area (Å²) in [4.78, 5) is 18.4. The van der Waals surface area contributed by atoms with E-state index in [2.05, 4.69) is 37.1 Å². The molecule has 3 rings (SSSR count). The minimum Gasteiger partial charge on any atom is -0.493 e. The molecule has 0 atom stereocenters. The molecule has 164 valence electrons. The van der Waals surface area contributed by atoms with Gasteiger partial charge in [0.25, 0.3) is 5.91 Å². The molecule has 0 radical (unpaired) electrons. The zero-order valence-corrected chi connectivity index (χ0v) is 20.0. The molecule has 1 aromatic heterocycles. The number of methoxy groups -OCH3 is 2. The van der Waals surface area contributed by atoms with E-state index in [1.165, 1.54) is 14.6 Å². The lowest BCUT2D eigenvalue weighted by Gasteiger charge is -2.21. The fraction of sp³-hybridized carbons (Fsp3) is 0.522. The molecule has 1 aliphatic heterocycles. The first kappa shape index (κ1) is 23.0. The molecule has 0 saturated heterocycles. The second kappa shape index (κ2) is 11.1. The molecule has 30 heavy (non-hydrogen) atoms. The molecule has 0 bridgehead atoms. The van der Waals surface area contributed by atoms with Crippen molar-refractivity contribution in [1.29, 1.82) is 0 Å². The summed E-state index contributed by atoms with van der Waals surface area (Å²) in [7, 11) is 5.49. The summed E-state index contributed by atoms with van der Waals surface area (Å²) in [6.45, 7) is 5.80. The Hall–Kier alpha value is -1.70. The Morgan fingerprint density at radius 3 is 2.67 bits per heavy atom. The van der Waals surface area contributed by atoms with E-state index in [-0.39, 0.29) is 5.91 Å². The number of carbonyl (C=O) groups is 1. The van der Waals surface area contributed by atoms with Gasteiger partial charge in [0, 0.05) is 30.3 Å². The van der Waals surface area contributed by atoms with Crippen LogP contribution in [0.3, 0.4) is 0 Å². The molecule has 0 aliphatic carbocycles. The number of hydrogen-bond donors (Lipinski definition) is 0. The number of aryl methyl sites for hydroxylation is 1. The first-order chi connectivity index (χ1) is 14.5. The molecule has 1 aromatic carbocycles. The Morgan fingerprint density at radius 1 is 1.10 bits per heavy atom. The molecule has 1 amide bonds. The van der Waals surface area contributed by atoms with Crippen LogP contribution in [0.15, 0.2) is 28.5 Å². The van der Waals surface area contributed by atoms with E-state index in [1.807, 2.05) is 22.7 Å². The normalized spacial score (nSPS) is 14.0. The maximum Gasteiger partial charge on any atom is 0.255 e. The topological polar surface area (TPSA) is 42.0 Å². The number of benzene rings is 1. The second-order valence-corrected chi connectivity index (χ2v) is 10.3. The van der Waals surface area contributed by atoms with Gasteiger partial charge in [0.05, 0.1) is 24.0 Å². The molecule has 0 spiro atoms. The summed E-state index contributed by atoms with van der Waals surface area (Å²) in [5.74, 6) is 2.74. The van der Waals surface area contributed by atoms with E-state index in [1.54, 1.807) is 25.6 Å². The van der Waals surface area contributed by atoms with Crippen molar-refractivity contribution in [2.75, 3.05) is 53.2 Å². The number of likely N-dealkylation sites (N-methyl/N-ethyl adjacent to an activating group) is 1. The fourth-order valence-corrected chi connectivity index (χ4v) is 6.04. The van der Waals surface area contributed by atoms with Gasteiger partial charge in [-0.25, -0.2) is 0 Å². The Kier molecular flexibility index (Phi) is 8.48. The predicted octanol–water partition coefficient (Wildman–Crippen LogP) is 4.58. The first-order valence-corrected chi connectivity index (χ1v) is 12.2. The molecule has 7 heteroatoms. The van der Waals surface area contributed by atoms with Crippen molar-refractivity contribution in [1.82, 2.24) is 9.80 Å². The van der Waals surface area contributed by atoms with E-state index in [9.17, 15) is 4.79 Å². The van der Waals surface area contributed by atoms with Gasteiger partial charge in [-0.15, -0.1) is 23.1 Å². The Labute approximate surface area is 188 Å². The number of unbranched alkanes of at least 4 members (excludes halogenated alkanes) is 1. The van der Waals surface area contributed by atoms with Gasteiger partial charge < -0.3 is 19.3 Å². The van der Waals surface area contributed by atoms with Crippen LogP contribution >= 0.6 is 23.1 Å². The lowest BCUT2D eigenvalue weighted by molar-refractivity contribution is 0.0762. The highest BCUT2D eigenvalue weighted by Crippen LogP contribution is 2.35. The number of thiophene rings is 1. The molecule has 5 nitrogen and oxygen atoms in total. The van der Waals surface area contributed by atoms with Crippen LogP contribution in [-0.2, 0) is 6.42 Å². The number of nitrogens with zero attached hydrogens (tertiary/aromatic N) is 2. The Morgan fingerprint density at radius 2 is 1.90 bits per heavy atom. The number of rotatable bonds is 10. The largest absolute Gasteiger partial charge is 0.493 e. The van der Waals surface area contributed by atoms with Gasteiger partial charge >= 0.3 is 0 Å². The van der Waals surface area contributed by atoms with Crippen LogP contribution in [0.4, 0.5) is 0 Å². The third-order valence-electron chi connectivity index (χ3n) is 5.38. The van der Waals surface area contributed by atoms with Crippen LogP contribution in [0.1, 0.15) is 33.6 Å². The van der Waals surface area contributed by atoms with Crippen molar-refractivity contribution in [3.8, 4) is 11.5 Å². The summed E-state index contributed by atoms with van der Waals surface area (Å²) in [6, 6.07) is 8.16. The van der Waals surface area contributed by atoms with Crippen LogP contribution in [0, 0.1) is 6.92 Å². The average molecular weight is 449 g/mol. The van der Waals surface area contributed by atoms with Gasteiger partial charge in [-0.05, 0) is 63.5 Å². The highest BCUT2D eigenvalue weighted by atomic mass is 32.2. The van der Waals surface area contributed by atoms with E-state index < -0.39 is 0 Å². The summed E-state index contributed by atoms with van der Waals surface area (Å²) >= 11 is 3.57. The maximum atomic E-state index is 12.8. The van der Waals surface area contributed by atoms with Crippen molar-refractivity contribution < 1.29 is 14.3 Å². The number of amides is 1. The molecule has 2 heterocycles. The summed E-state index contributed by atoms with van der Waals surface area (Å²) in [5, 5.41) is 0. The lowest BCUT2D eigenvalue weighted by atomic mass is 10.1. The SMILES string of the molecule is COc1ccc(CCN(C)CCCCN2CCSc3sc(C)cc3C2=O)cc1OC. The standard InChI is InChI=1S/C23H32N2O3S2/c1-17-15-19-22(26)25(13-14-29-23(19)30-17)11-6-5-10-24(2)12-9-18-7-8-20(27-3)21(16-18)28-4/h7-8,15-16H,5-6,9-14H2,1-4H3. The van der Waals surface area contributed by atoms with Crippen molar-refractivity contribution >= 4 is 29.0 Å². The van der Waals surface area contributed by atoms with Gasteiger partial charge in [-0.2, -0.15) is 0 Å². The molecule has 0 saturated carbocycles. The Balaban J connectivity index is 1.39. The van der Waals surface area contributed by atoms with Crippen molar-refractivity contribution in [2.24, 2.45) is 0 Å². The smallest absolute Gasteiger partial charge is 0.255 e. The van der Waals surface area contributed by atoms with Gasteiger partial charge in [0.2, 0.25) is 0 Å². The van der Waals surface area contributed by atoms with Gasteiger partial charge in [0.15, 0.2) is 11.5 Å². The highest BCUT2D eigenvalue weighted by Gasteiger charge is 2.24. The number of hydrogen-bond acceptors (Lipinski definition) is 6. The number of fused-ring (bicyclic) bond motifs is 1. The number of thioether (sulfide) groups is 1. The molecule has 0 fully saturated rings. The number of carbonyl (C=O) groups excluding carboxylic acids is 1. The summed E-state index contributed by atoms with van der Waals surface area (Å²) < 4.78 is 11.9. The van der Waals surface area contributed by atoms with Crippen molar-refractivity contribution in [3.63, 3.8) is 0 Å². The molecule has 1 aliphatic rings. The monoisotopic (exact) mass is 448 g/mol. The zero-order chi connectivity index (χ0) is 21.5. The van der Waals surface area contributed by atoms with Crippen LogP contribution in [0.5, 0.6) is 11.5 Å². The van der Waals surface area contributed by atoms with Crippen molar-refractivity contribution in [2.45, 2.75) is 30.4 Å². The summed E-state index contributed by atoms with van der Waals surface area (Å²) in [6.07, 6.45) is 3.10. The zero-order valence-electron chi connectivity index (χ0n) is 18.4. The summed E-state index contributed by atoms with van der Waals surface area (Å²) in [5.41, 5.74) is 2.15. The van der Waals surface area contributed by atoms with Crippen LogP contribution in [0.25, 0.3) is 0 Å². The van der Waals surface area contributed by atoms with E-state index in [0.29, 0.717) is 0 Å². The molecular weight excluding hydrogens is 416 g/mol. The Bertz CT molecular complexity index is 853.